The van der Waals surface area contributed by atoms with Crippen molar-refractivity contribution in [1.82, 2.24) is 9.79 Å². The molecule has 1 aromatic rings. The van der Waals surface area contributed by atoms with E-state index in [1.54, 1.807) is 24.3 Å². The van der Waals surface area contributed by atoms with Crippen LogP contribution >= 0.6 is 0 Å². The van der Waals surface area contributed by atoms with E-state index < -0.39 is 15.9 Å². The standard InChI is InChI=1S/C19H32N2O4S/c1-2-3-4-5-6-7-8-12-15-21(16-19(22)20-23)26(24,25)17-18-13-10-9-11-14-18/h9-11,13-14,23H,2-8,12,15-17H2,1H3,(H,20,22). The average molecular weight is 385 g/mol. The molecule has 0 unspecified atom stereocenters. The first-order chi connectivity index (χ1) is 12.5. The number of carbonyl (C=O) groups excluding carboxylic acids is 1. The first-order valence-electron chi connectivity index (χ1n) is 9.44. The van der Waals surface area contributed by atoms with Crippen LogP contribution in [0.4, 0.5) is 0 Å². The van der Waals surface area contributed by atoms with Crippen molar-refractivity contribution in [1.29, 1.82) is 0 Å². The minimum Gasteiger partial charge on any atom is -0.289 e. The molecule has 0 aliphatic carbocycles. The van der Waals surface area contributed by atoms with Crippen molar-refractivity contribution in [3.63, 3.8) is 0 Å². The van der Waals surface area contributed by atoms with Gasteiger partial charge in [0.15, 0.2) is 0 Å². The lowest BCUT2D eigenvalue weighted by molar-refractivity contribution is -0.129. The lowest BCUT2D eigenvalue weighted by Gasteiger charge is -2.21. The number of nitrogens with one attached hydrogen (secondary N) is 1. The molecule has 0 heterocycles. The summed E-state index contributed by atoms with van der Waals surface area (Å²) in [5.41, 5.74) is 2.20. The van der Waals surface area contributed by atoms with Crippen molar-refractivity contribution < 1.29 is 18.4 Å². The Morgan fingerprint density at radius 2 is 1.58 bits per heavy atom. The molecule has 2 N–H and O–H groups in total. The molecule has 0 saturated carbocycles. The van der Waals surface area contributed by atoms with Crippen molar-refractivity contribution in [2.75, 3.05) is 13.1 Å². The lowest BCUT2D eigenvalue weighted by atomic mass is 10.1. The van der Waals surface area contributed by atoms with Crippen LogP contribution in [0.25, 0.3) is 0 Å². The van der Waals surface area contributed by atoms with Crippen LogP contribution in [-0.4, -0.2) is 36.9 Å². The van der Waals surface area contributed by atoms with Gasteiger partial charge in [-0.2, -0.15) is 4.31 Å². The van der Waals surface area contributed by atoms with E-state index >= 15 is 0 Å². The highest BCUT2D eigenvalue weighted by Gasteiger charge is 2.24. The number of carbonyl (C=O) groups is 1. The summed E-state index contributed by atoms with van der Waals surface area (Å²) in [5, 5.41) is 8.73. The third kappa shape index (κ3) is 9.31. The Morgan fingerprint density at radius 1 is 1.00 bits per heavy atom. The Balaban J connectivity index is 2.51. The number of hydroxylamine groups is 1. The third-order valence-electron chi connectivity index (χ3n) is 4.29. The Bertz CT molecular complexity index is 605. The fraction of sp³-hybridized carbons (Fsp3) is 0.632. The van der Waals surface area contributed by atoms with Gasteiger partial charge in [0.05, 0.1) is 12.3 Å². The number of benzene rings is 1. The van der Waals surface area contributed by atoms with Crippen molar-refractivity contribution >= 4 is 15.9 Å². The van der Waals surface area contributed by atoms with E-state index in [9.17, 15) is 13.2 Å². The summed E-state index contributed by atoms with van der Waals surface area (Å²) in [7, 11) is -3.62. The summed E-state index contributed by atoms with van der Waals surface area (Å²) >= 11 is 0. The maximum absolute atomic E-state index is 12.7. The second-order valence-electron chi connectivity index (χ2n) is 6.59. The van der Waals surface area contributed by atoms with E-state index in [0.717, 1.165) is 19.3 Å². The fourth-order valence-corrected chi connectivity index (χ4v) is 4.33. The van der Waals surface area contributed by atoms with Crippen LogP contribution in [0, 0.1) is 0 Å². The Morgan fingerprint density at radius 3 is 2.15 bits per heavy atom. The van der Waals surface area contributed by atoms with Crippen LogP contribution in [0.5, 0.6) is 0 Å². The monoisotopic (exact) mass is 384 g/mol. The molecule has 1 amide bonds. The number of unbranched alkanes of at least 4 members (excludes halogenated alkanes) is 7. The van der Waals surface area contributed by atoms with Crippen molar-refractivity contribution in [2.24, 2.45) is 0 Å². The molecule has 0 radical (unpaired) electrons. The molecule has 0 atom stereocenters. The van der Waals surface area contributed by atoms with Gasteiger partial charge in [-0.05, 0) is 12.0 Å². The molecule has 6 nitrogen and oxygen atoms in total. The molecule has 7 heteroatoms. The number of hydrogen-bond donors (Lipinski definition) is 2. The second kappa shape index (κ2) is 12.8. The van der Waals surface area contributed by atoms with E-state index in [4.69, 9.17) is 5.21 Å². The summed E-state index contributed by atoms with van der Waals surface area (Å²) in [5.74, 6) is -0.870. The SMILES string of the molecule is CCCCCCCCCCN(CC(=O)NO)S(=O)(=O)Cc1ccccc1. The van der Waals surface area contributed by atoms with Gasteiger partial charge in [0.25, 0.3) is 5.91 Å². The Kier molecular flexibility index (Phi) is 11.2. The summed E-state index contributed by atoms with van der Waals surface area (Å²) in [4.78, 5) is 11.5. The zero-order chi connectivity index (χ0) is 19.3. The molecule has 148 valence electrons. The van der Waals surface area contributed by atoms with Crippen LogP contribution in [-0.2, 0) is 20.6 Å². The number of hydrogen-bond acceptors (Lipinski definition) is 4. The predicted octanol–water partition coefficient (Wildman–Crippen LogP) is 3.46. The van der Waals surface area contributed by atoms with Gasteiger partial charge in [-0.25, -0.2) is 13.9 Å². The van der Waals surface area contributed by atoms with E-state index in [-0.39, 0.29) is 18.8 Å². The smallest absolute Gasteiger partial charge is 0.258 e. The van der Waals surface area contributed by atoms with Crippen molar-refractivity contribution in [3.8, 4) is 0 Å². The quantitative estimate of drug-likeness (QED) is 0.292. The number of amides is 1. The molecular weight excluding hydrogens is 352 g/mol. The fourth-order valence-electron chi connectivity index (χ4n) is 2.81. The van der Waals surface area contributed by atoms with Crippen molar-refractivity contribution in [3.05, 3.63) is 35.9 Å². The molecular formula is C19H32N2O4S. The molecule has 0 aliphatic rings. The molecule has 0 saturated heterocycles. The normalized spacial score (nSPS) is 11.7. The first kappa shape index (κ1) is 22.6. The highest BCUT2D eigenvalue weighted by Crippen LogP contribution is 2.14. The van der Waals surface area contributed by atoms with Gasteiger partial charge >= 0.3 is 0 Å². The molecule has 26 heavy (non-hydrogen) atoms. The molecule has 0 fully saturated rings. The van der Waals surface area contributed by atoms with Crippen LogP contribution < -0.4 is 5.48 Å². The maximum Gasteiger partial charge on any atom is 0.258 e. The number of sulfonamides is 1. The molecule has 0 spiro atoms. The van der Waals surface area contributed by atoms with Gasteiger partial charge in [-0.3, -0.25) is 10.0 Å². The van der Waals surface area contributed by atoms with E-state index in [1.165, 1.54) is 35.5 Å². The Hall–Kier alpha value is -1.44. The average Bonchev–Trinajstić information content (AvgIpc) is 2.63. The van der Waals surface area contributed by atoms with Crippen LogP contribution in [0.15, 0.2) is 30.3 Å². The lowest BCUT2D eigenvalue weighted by Crippen LogP contribution is -2.40. The number of nitrogens with zero attached hydrogens (tertiary/aromatic N) is 1. The molecule has 1 rings (SSSR count). The molecule has 1 aromatic carbocycles. The first-order valence-corrected chi connectivity index (χ1v) is 11.0. The maximum atomic E-state index is 12.7. The zero-order valence-electron chi connectivity index (χ0n) is 15.7. The summed E-state index contributed by atoms with van der Waals surface area (Å²) in [6.45, 7) is 2.12. The highest BCUT2D eigenvalue weighted by molar-refractivity contribution is 7.88. The second-order valence-corrected chi connectivity index (χ2v) is 8.55. The van der Waals surface area contributed by atoms with Gasteiger partial charge < -0.3 is 0 Å². The van der Waals surface area contributed by atoms with E-state index in [0.29, 0.717) is 12.0 Å². The van der Waals surface area contributed by atoms with Gasteiger partial charge in [-0.1, -0.05) is 82.2 Å². The topological polar surface area (TPSA) is 86.7 Å². The molecule has 0 aliphatic heterocycles. The predicted molar refractivity (Wildman–Crippen MR) is 103 cm³/mol. The minimum absolute atomic E-state index is 0.149. The summed E-state index contributed by atoms with van der Waals surface area (Å²) in [6, 6.07) is 8.90. The van der Waals surface area contributed by atoms with Gasteiger partial charge in [-0.15, -0.1) is 0 Å². The van der Waals surface area contributed by atoms with Crippen LogP contribution in [0.2, 0.25) is 0 Å². The van der Waals surface area contributed by atoms with Crippen LogP contribution in [0.3, 0.4) is 0 Å². The Labute approximate surface area is 157 Å². The van der Waals surface area contributed by atoms with Crippen molar-refractivity contribution in [2.45, 2.75) is 64.0 Å². The van der Waals surface area contributed by atoms with Gasteiger partial charge in [0.1, 0.15) is 0 Å². The van der Waals surface area contributed by atoms with Crippen LogP contribution in [0.1, 0.15) is 63.9 Å². The molecule has 0 bridgehead atoms. The van der Waals surface area contributed by atoms with Gasteiger partial charge in [0.2, 0.25) is 10.0 Å². The van der Waals surface area contributed by atoms with Gasteiger partial charge in [0, 0.05) is 6.54 Å². The van der Waals surface area contributed by atoms with E-state index in [2.05, 4.69) is 6.92 Å². The summed E-state index contributed by atoms with van der Waals surface area (Å²) < 4.78 is 26.5. The number of rotatable bonds is 14. The summed E-state index contributed by atoms with van der Waals surface area (Å²) in [6.07, 6.45) is 8.84. The third-order valence-corrected chi connectivity index (χ3v) is 6.09. The minimum atomic E-state index is -3.62. The van der Waals surface area contributed by atoms with E-state index in [1.807, 2.05) is 6.07 Å². The zero-order valence-corrected chi connectivity index (χ0v) is 16.5. The molecule has 0 aromatic heterocycles. The largest absolute Gasteiger partial charge is 0.289 e. The highest BCUT2D eigenvalue weighted by atomic mass is 32.2.